The van der Waals surface area contributed by atoms with Gasteiger partial charge in [0.2, 0.25) is 21.8 Å². The average Bonchev–Trinajstić information content (AvgIpc) is 2.89. The maximum Gasteiger partial charge on any atom is 0.244 e. The minimum absolute atomic E-state index is 0.0873. The number of rotatable bonds is 12. The molecule has 0 aliphatic rings. The zero-order valence-corrected chi connectivity index (χ0v) is 26.1. The topological polar surface area (TPSA) is 86.8 Å². The Labute approximate surface area is 246 Å². The number of amides is 2. The number of aryl methyl sites for hydroxylation is 2. The number of para-hydroxylation sites is 1. The third-order valence-electron chi connectivity index (χ3n) is 6.88. The van der Waals surface area contributed by atoms with Gasteiger partial charge in [-0.1, -0.05) is 83.5 Å². The summed E-state index contributed by atoms with van der Waals surface area (Å²) in [6.07, 6.45) is 2.12. The smallest absolute Gasteiger partial charge is 0.244 e. The van der Waals surface area contributed by atoms with Crippen molar-refractivity contribution in [2.75, 3.05) is 17.1 Å². The van der Waals surface area contributed by atoms with Crippen LogP contribution in [0.3, 0.4) is 0 Å². The van der Waals surface area contributed by atoms with Gasteiger partial charge in [-0.15, -0.1) is 0 Å². The van der Waals surface area contributed by atoms with Gasteiger partial charge in [0, 0.05) is 23.5 Å². The molecular weight excluding hydrogens is 590 g/mol. The molecule has 0 spiro atoms. The summed E-state index contributed by atoms with van der Waals surface area (Å²) in [5.41, 5.74) is 3.67. The van der Waals surface area contributed by atoms with Crippen LogP contribution in [0.15, 0.2) is 77.3 Å². The normalized spacial score (nSPS) is 12.8. The molecular formula is C31H38BrN3O4S. The predicted molar refractivity (Wildman–Crippen MR) is 165 cm³/mol. The molecule has 3 aromatic carbocycles. The zero-order chi connectivity index (χ0) is 29.4. The van der Waals surface area contributed by atoms with Gasteiger partial charge >= 0.3 is 0 Å². The van der Waals surface area contributed by atoms with Gasteiger partial charge < -0.3 is 10.2 Å². The van der Waals surface area contributed by atoms with Gasteiger partial charge in [-0.25, -0.2) is 8.42 Å². The van der Waals surface area contributed by atoms with Crippen molar-refractivity contribution in [2.24, 2.45) is 0 Å². The summed E-state index contributed by atoms with van der Waals surface area (Å²) in [5, 5.41) is 3.04. The van der Waals surface area contributed by atoms with E-state index >= 15 is 0 Å². The number of carbonyl (C=O) groups is 2. The Balaban J connectivity index is 2.10. The Morgan fingerprint density at radius 3 is 2.10 bits per heavy atom. The first-order chi connectivity index (χ1) is 18.9. The highest BCUT2D eigenvalue weighted by Gasteiger charge is 2.34. The predicted octanol–water partition coefficient (Wildman–Crippen LogP) is 5.39. The van der Waals surface area contributed by atoms with E-state index in [9.17, 15) is 18.0 Å². The standard InChI is InChI=1S/C31H38BrN3O4S/c1-6-24(4)33-31(37)28(19-25-14-8-7-9-15-25)34(20-26-16-11-17-27(32)18-26)29(36)21-35(40(5,38)39)30-22(2)12-10-13-23(30)3/h7-18,24,28H,6,19-21H2,1-5H3,(H,33,37). The Bertz CT molecular complexity index is 1410. The second-order valence-corrected chi connectivity index (χ2v) is 13.0. The summed E-state index contributed by atoms with van der Waals surface area (Å²) in [6, 6.07) is 21.6. The van der Waals surface area contributed by atoms with E-state index in [1.807, 2.05) is 100 Å². The lowest BCUT2D eigenvalue weighted by Gasteiger charge is -2.34. The minimum Gasteiger partial charge on any atom is -0.352 e. The molecule has 3 aromatic rings. The molecule has 2 atom stereocenters. The van der Waals surface area contributed by atoms with Gasteiger partial charge in [-0.2, -0.15) is 0 Å². The Morgan fingerprint density at radius 2 is 1.52 bits per heavy atom. The molecule has 0 bridgehead atoms. The second kappa shape index (κ2) is 13.9. The van der Waals surface area contributed by atoms with Crippen LogP contribution < -0.4 is 9.62 Å². The van der Waals surface area contributed by atoms with Crippen LogP contribution in [0.2, 0.25) is 0 Å². The van der Waals surface area contributed by atoms with E-state index in [0.29, 0.717) is 5.69 Å². The summed E-state index contributed by atoms with van der Waals surface area (Å²) in [6.45, 7) is 7.25. The van der Waals surface area contributed by atoms with Crippen LogP contribution in [0.1, 0.15) is 42.5 Å². The molecule has 1 N–H and O–H groups in total. The number of sulfonamides is 1. The number of anilines is 1. The van der Waals surface area contributed by atoms with Gasteiger partial charge in [-0.05, 0) is 61.6 Å². The van der Waals surface area contributed by atoms with Gasteiger partial charge in [-0.3, -0.25) is 13.9 Å². The highest BCUT2D eigenvalue weighted by molar-refractivity contribution is 9.10. The molecule has 0 heterocycles. The SMILES string of the molecule is CCC(C)NC(=O)C(Cc1ccccc1)N(Cc1cccc(Br)c1)C(=O)CN(c1c(C)cccc1C)S(C)(=O)=O. The monoisotopic (exact) mass is 627 g/mol. The zero-order valence-electron chi connectivity index (χ0n) is 23.7. The van der Waals surface area contributed by atoms with Crippen molar-refractivity contribution in [2.45, 2.75) is 59.2 Å². The Kier molecular flexibility index (Phi) is 10.9. The van der Waals surface area contributed by atoms with E-state index in [-0.39, 0.29) is 24.9 Å². The lowest BCUT2D eigenvalue weighted by atomic mass is 10.0. The van der Waals surface area contributed by atoms with Crippen molar-refractivity contribution in [1.82, 2.24) is 10.2 Å². The summed E-state index contributed by atoms with van der Waals surface area (Å²) in [5.74, 6) is -0.743. The van der Waals surface area contributed by atoms with Gasteiger partial charge in [0.25, 0.3) is 0 Å². The first kappa shape index (κ1) is 31.4. The van der Waals surface area contributed by atoms with Crippen molar-refractivity contribution in [3.8, 4) is 0 Å². The van der Waals surface area contributed by atoms with E-state index < -0.39 is 28.5 Å². The second-order valence-electron chi connectivity index (χ2n) is 10.2. The van der Waals surface area contributed by atoms with Gasteiger partial charge in [0.1, 0.15) is 12.6 Å². The Morgan fingerprint density at radius 1 is 0.925 bits per heavy atom. The number of hydrogen-bond donors (Lipinski definition) is 1. The van der Waals surface area contributed by atoms with Crippen LogP contribution in [-0.4, -0.2) is 50.0 Å². The molecule has 214 valence electrons. The number of nitrogens with one attached hydrogen (secondary N) is 1. The van der Waals surface area contributed by atoms with E-state index in [1.165, 1.54) is 4.90 Å². The van der Waals surface area contributed by atoms with Crippen molar-refractivity contribution >= 4 is 43.5 Å². The lowest BCUT2D eigenvalue weighted by Crippen LogP contribution is -2.54. The number of carbonyl (C=O) groups excluding carboxylic acids is 2. The molecule has 2 amide bonds. The summed E-state index contributed by atoms with van der Waals surface area (Å²) in [7, 11) is -3.82. The fraction of sp³-hybridized carbons (Fsp3) is 0.355. The molecule has 7 nitrogen and oxygen atoms in total. The minimum atomic E-state index is -3.82. The molecule has 0 fully saturated rings. The third-order valence-corrected chi connectivity index (χ3v) is 8.49. The first-order valence-electron chi connectivity index (χ1n) is 13.3. The third kappa shape index (κ3) is 8.41. The van der Waals surface area contributed by atoms with Crippen LogP contribution >= 0.6 is 15.9 Å². The van der Waals surface area contributed by atoms with E-state index in [0.717, 1.165) is 43.7 Å². The lowest BCUT2D eigenvalue weighted by molar-refractivity contribution is -0.140. The molecule has 3 rings (SSSR count). The van der Waals surface area contributed by atoms with Gasteiger partial charge in [0.15, 0.2) is 0 Å². The van der Waals surface area contributed by atoms with Crippen LogP contribution in [0, 0.1) is 13.8 Å². The number of nitrogens with zero attached hydrogens (tertiary/aromatic N) is 2. The molecule has 0 aromatic heterocycles. The first-order valence-corrected chi connectivity index (χ1v) is 16.0. The highest BCUT2D eigenvalue weighted by atomic mass is 79.9. The van der Waals surface area contributed by atoms with Crippen molar-refractivity contribution in [3.05, 3.63) is 99.5 Å². The highest BCUT2D eigenvalue weighted by Crippen LogP contribution is 2.27. The van der Waals surface area contributed by atoms with E-state index in [4.69, 9.17) is 0 Å². The van der Waals surface area contributed by atoms with E-state index in [2.05, 4.69) is 21.2 Å². The molecule has 0 aliphatic carbocycles. The molecule has 0 radical (unpaired) electrons. The van der Waals surface area contributed by atoms with Crippen molar-refractivity contribution in [1.29, 1.82) is 0 Å². The summed E-state index contributed by atoms with van der Waals surface area (Å²) < 4.78 is 28.1. The van der Waals surface area contributed by atoms with E-state index in [1.54, 1.807) is 0 Å². The number of halogens is 1. The largest absolute Gasteiger partial charge is 0.352 e. The maximum absolute atomic E-state index is 14.2. The number of benzene rings is 3. The quantitative estimate of drug-likeness (QED) is 0.292. The summed E-state index contributed by atoms with van der Waals surface area (Å²) in [4.78, 5) is 29.5. The van der Waals surface area contributed by atoms with Crippen LogP contribution in [0.25, 0.3) is 0 Å². The van der Waals surface area contributed by atoms with Crippen LogP contribution in [0.5, 0.6) is 0 Å². The van der Waals surface area contributed by atoms with Crippen LogP contribution in [0.4, 0.5) is 5.69 Å². The molecule has 0 saturated carbocycles. The molecule has 0 saturated heterocycles. The van der Waals surface area contributed by atoms with Crippen molar-refractivity contribution < 1.29 is 18.0 Å². The fourth-order valence-corrected chi connectivity index (χ4v) is 6.01. The molecule has 0 aliphatic heterocycles. The van der Waals surface area contributed by atoms with Gasteiger partial charge in [0.05, 0.1) is 11.9 Å². The fourth-order valence-electron chi connectivity index (χ4n) is 4.60. The Hall–Kier alpha value is -3.17. The maximum atomic E-state index is 14.2. The molecule has 40 heavy (non-hydrogen) atoms. The number of hydrogen-bond acceptors (Lipinski definition) is 4. The molecule has 9 heteroatoms. The molecule has 2 unspecified atom stereocenters. The average molecular weight is 629 g/mol. The van der Waals surface area contributed by atoms with Crippen LogP contribution in [-0.2, 0) is 32.6 Å². The summed E-state index contributed by atoms with van der Waals surface area (Å²) >= 11 is 3.49. The van der Waals surface area contributed by atoms with Crippen molar-refractivity contribution in [3.63, 3.8) is 0 Å².